The summed E-state index contributed by atoms with van der Waals surface area (Å²) in [4.78, 5) is 10.9. The summed E-state index contributed by atoms with van der Waals surface area (Å²) in [6, 6.07) is 9.79. The van der Waals surface area contributed by atoms with Crippen LogP contribution in [-0.4, -0.2) is 55.3 Å². The molecule has 1 aromatic heterocycles. The Balaban J connectivity index is 1.56. The molecule has 0 saturated carbocycles. The number of likely N-dealkylation sites (tertiary alicyclic amines) is 1. The summed E-state index contributed by atoms with van der Waals surface area (Å²) >= 11 is 0. The molecule has 1 saturated heterocycles. The van der Waals surface area contributed by atoms with Crippen molar-refractivity contribution < 1.29 is 9.47 Å². The van der Waals surface area contributed by atoms with Gasteiger partial charge in [-0.2, -0.15) is 10.2 Å². The van der Waals surface area contributed by atoms with Crippen LogP contribution in [0.25, 0.3) is 0 Å². The summed E-state index contributed by atoms with van der Waals surface area (Å²) in [6.45, 7) is 3.37. The second-order valence-electron chi connectivity index (χ2n) is 6.62. The fourth-order valence-corrected chi connectivity index (χ4v) is 3.17. The number of nitrogens with one attached hydrogen (secondary N) is 2. The number of aromatic nitrogens is 2. The normalized spacial score (nSPS) is 16.4. The molecule has 2 heterocycles. The topological polar surface area (TPSA) is 95.3 Å². The molecule has 1 aromatic carbocycles. The number of anilines is 3. The summed E-state index contributed by atoms with van der Waals surface area (Å²) < 4.78 is 11.4. The highest BCUT2D eigenvalue weighted by molar-refractivity contribution is 5.60. The third kappa shape index (κ3) is 5.24. The van der Waals surface area contributed by atoms with Crippen molar-refractivity contribution in [3.63, 3.8) is 0 Å². The molecule has 0 bridgehead atoms. The molecule has 28 heavy (non-hydrogen) atoms. The summed E-state index contributed by atoms with van der Waals surface area (Å²) in [5.74, 6) is 2.77. The molecule has 0 spiro atoms. The molecule has 0 radical (unpaired) electrons. The Hall–Kier alpha value is -3.05. The maximum atomic E-state index is 8.99. The predicted octanol–water partition coefficient (Wildman–Crippen LogP) is 2.88. The van der Waals surface area contributed by atoms with E-state index in [0.717, 1.165) is 44.0 Å². The van der Waals surface area contributed by atoms with Crippen molar-refractivity contribution in [2.24, 2.45) is 5.92 Å². The van der Waals surface area contributed by atoms with Gasteiger partial charge < -0.3 is 25.0 Å². The average molecular weight is 382 g/mol. The highest BCUT2D eigenvalue weighted by Crippen LogP contribution is 2.31. The van der Waals surface area contributed by atoms with E-state index >= 15 is 0 Å². The van der Waals surface area contributed by atoms with Crippen LogP contribution < -0.4 is 20.1 Å². The van der Waals surface area contributed by atoms with Crippen LogP contribution in [0.3, 0.4) is 0 Å². The standard InChI is InChI=1S/C20H26N6O2/c1-22-19-6-8-23-20(25-19)24-16-4-5-17(27-2)18(12-16)28-11-3-9-26-10-7-15(13-21)14-26/h4-6,8,12,15H,3,7,9-11,14H2,1-2H3,(H2,22,23,24,25). The van der Waals surface area contributed by atoms with Gasteiger partial charge in [0.15, 0.2) is 11.5 Å². The molecule has 3 rings (SSSR count). The lowest BCUT2D eigenvalue weighted by Gasteiger charge is -2.16. The lowest BCUT2D eigenvalue weighted by Crippen LogP contribution is -2.23. The third-order valence-corrected chi connectivity index (χ3v) is 4.66. The van der Waals surface area contributed by atoms with E-state index in [2.05, 4.69) is 31.6 Å². The lowest BCUT2D eigenvalue weighted by atomic mass is 10.1. The van der Waals surface area contributed by atoms with Gasteiger partial charge in [0.25, 0.3) is 0 Å². The van der Waals surface area contributed by atoms with E-state index < -0.39 is 0 Å². The van der Waals surface area contributed by atoms with Crippen LogP contribution >= 0.6 is 0 Å². The van der Waals surface area contributed by atoms with Gasteiger partial charge in [0.05, 0.1) is 25.7 Å². The first-order chi connectivity index (χ1) is 13.7. The van der Waals surface area contributed by atoms with Crippen LogP contribution in [0.2, 0.25) is 0 Å². The van der Waals surface area contributed by atoms with E-state index in [1.54, 1.807) is 19.4 Å². The van der Waals surface area contributed by atoms with E-state index in [-0.39, 0.29) is 5.92 Å². The number of ether oxygens (including phenoxy) is 2. The number of hydrogen-bond acceptors (Lipinski definition) is 8. The molecule has 8 nitrogen and oxygen atoms in total. The van der Waals surface area contributed by atoms with Crippen LogP contribution in [0.5, 0.6) is 11.5 Å². The smallest absolute Gasteiger partial charge is 0.229 e. The zero-order chi connectivity index (χ0) is 19.8. The minimum Gasteiger partial charge on any atom is -0.493 e. The molecule has 8 heteroatoms. The number of nitrogens with zero attached hydrogens (tertiary/aromatic N) is 4. The second-order valence-corrected chi connectivity index (χ2v) is 6.62. The molecule has 1 aliphatic heterocycles. The van der Waals surface area contributed by atoms with Gasteiger partial charge >= 0.3 is 0 Å². The largest absolute Gasteiger partial charge is 0.493 e. The summed E-state index contributed by atoms with van der Waals surface area (Å²) in [5, 5.41) is 15.2. The molecular formula is C20H26N6O2. The average Bonchev–Trinajstić information content (AvgIpc) is 3.19. The number of methoxy groups -OCH3 is 1. The minimum atomic E-state index is 0.174. The van der Waals surface area contributed by atoms with Crippen molar-refractivity contribution in [2.75, 3.05) is 51.0 Å². The molecule has 0 amide bonds. The quantitative estimate of drug-likeness (QED) is 0.639. The minimum absolute atomic E-state index is 0.174. The van der Waals surface area contributed by atoms with Crippen LogP contribution in [-0.2, 0) is 0 Å². The van der Waals surface area contributed by atoms with Gasteiger partial charge in [0, 0.05) is 38.1 Å². The van der Waals surface area contributed by atoms with Gasteiger partial charge in [-0.15, -0.1) is 0 Å². The molecule has 2 aromatic rings. The number of nitriles is 1. The maximum Gasteiger partial charge on any atom is 0.229 e. The highest BCUT2D eigenvalue weighted by atomic mass is 16.5. The molecule has 1 fully saturated rings. The Morgan fingerprint density at radius 2 is 2.21 bits per heavy atom. The van der Waals surface area contributed by atoms with Crippen molar-refractivity contribution in [1.29, 1.82) is 5.26 Å². The molecule has 1 unspecified atom stereocenters. The van der Waals surface area contributed by atoms with Gasteiger partial charge in [0.1, 0.15) is 5.82 Å². The fraction of sp³-hybridized carbons (Fsp3) is 0.450. The van der Waals surface area contributed by atoms with Crippen LogP contribution in [0.15, 0.2) is 30.5 Å². The molecule has 1 atom stereocenters. The molecule has 0 aliphatic carbocycles. The van der Waals surface area contributed by atoms with Crippen LogP contribution in [0, 0.1) is 17.2 Å². The first-order valence-corrected chi connectivity index (χ1v) is 9.42. The van der Waals surface area contributed by atoms with E-state index in [0.29, 0.717) is 24.1 Å². The van der Waals surface area contributed by atoms with Crippen molar-refractivity contribution in [2.45, 2.75) is 12.8 Å². The van der Waals surface area contributed by atoms with Crippen molar-refractivity contribution >= 4 is 17.5 Å². The predicted molar refractivity (Wildman–Crippen MR) is 108 cm³/mol. The summed E-state index contributed by atoms with van der Waals surface area (Å²) in [6.07, 6.45) is 3.55. The highest BCUT2D eigenvalue weighted by Gasteiger charge is 2.21. The molecular weight excluding hydrogens is 356 g/mol. The van der Waals surface area contributed by atoms with Gasteiger partial charge in [-0.25, -0.2) is 4.98 Å². The lowest BCUT2D eigenvalue weighted by molar-refractivity contribution is 0.252. The zero-order valence-electron chi connectivity index (χ0n) is 16.3. The number of rotatable bonds is 9. The van der Waals surface area contributed by atoms with Crippen molar-refractivity contribution in [3.8, 4) is 17.6 Å². The maximum absolute atomic E-state index is 8.99. The Morgan fingerprint density at radius 1 is 1.32 bits per heavy atom. The van der Waals surface area contributed by atoms with Crippen molar-refractivity contribution in [3.05, 3.63) is 30.5 Å². The van der Waals surface area contributed by atoms with E-state index in [1.807, 2.05) is 25.2 Å². The van der Waals surface area contributed by atoms with Gasteiger partial charge in [-0.3, -0.25) is 0 Å². The summed E-state index contributed by atoms with van der Waals surface area (Å²) in [7, 11) is 3.44. The third-order valence-electron chi connectivity index (χ3n) is 4.66. The van der Waals surface area contributed by atoms with E-state index in [1.165, 1.54) is 0 Å². The SMILES string of the molecule is CNc1ccnc(Nc2ccc(OC)c(OCCCN3CCC(C#N)C3)c2)n1. The Morgan fingerprint density at radius 3 is 2.96 bits per heavy atom. The fourth-order valence-electron chi connectivity index (χ4n) is 3.17. The van der Waals surface area contributed by atoms with Crippen LogP contribution in [0.4, 0.5) is 17.5 Å². The van der Waals surface area contributed by atoms with E-state index in [9.17, 15) is 0 Å². The van der Waals surface area contributed by atoms with Crippen LogP contribution in [0.1, 0.15) is 12.8 Å². The van der Waals surface area contributed by atoms with Gasteiger partial charge in [-0.05, 0) is 37.6 Å². The number of benzene rings is 1. The first kappa shape index (κ1) is 19.7. The molecule has 2 N–H and O–H groups in total. The number of hydrogen-bond donors (Lipinski definition) is 2. The van der Waals surface area contributed by atoms with Gasteiger partial charge in [0.2, 0.25) is 5.95 Å². The molecule has 1 aliphatic rings. The van der Waals surface area contributed by atoms with Crippen molar-refractivity contribution in [1.82, 2.24) is 14.9 Å². The Labute approximate surface area is 165 Å². The summed E-state index contributed by atoms with van der Waals surface area (Å²) in [5.41, 5.74) is 0.820. The van der Waals surface area contributed by atoms with Gasteiger partial charge in [-0.1, -0.05) is 0 Å². The Kier molecular flexibility index (Phi) is 6.87. The Bertz CT molecular complexity index is 823. The molecule has 148 valence electrons. The monoisotopic (exact) mass is 382 g/mol. The zero-order valence-corrected chi connectivity index (χ0v) is 16.3. The first-order valence-electron chi connectivity index (χ1n) is 9.42. The second kappa shape index (κ2) is 9.76. The van der Waals surface area contributed by atoms with E-state index in [4.69, 9.17) is 14.7 Å².